The number of para-hydroxylation sites is 1. The number of ether oxygens (including phenoxy) is 2. The van der Waals surface area contributed by atoms with Gasteiger partial charge in [-0.25, -0.2) is 13.4 Å². The fourth-order valence-corrected chi connectivity index (χ4v) is 5.88. The molecule has 1 amide bonds. The van der Waals surface area contributed by atoms with Crippen LogP contribution in [0.5, 0.6) is 11.5 Å². The highest BCUT2D eigenvalue weighted by molar-refractivity contribution is 7.92. The van der Waals surface area contributed by atoms with Gasteiger partial charge in [0.05, 0.1) is 20.8 Å². The minimum Gasteiger partial charge on any atom is -0.454 e. The Kier molecular flexibility index (Phi) is 5.39. The summed E-state index contributed by atoms with van der Waals surface area (Å²) in [5.74, 6) is 0.894. The number of thiazole rings is 1. The Balaban J connectivity index is 1.35. The van der Waals surface area contributed by atoms with E-state index in [0.717, 1.165) is 4.70 Å². The first-order chi connectivity index (χ1) is 16.0. The minimum absolute atomic E-state index is 0.110. The molecule has 2 heterocycles. The van der Waals surface area contributed by atoms with Gasteiger partial charge in [0, 0.05) is 24.2 Å². The lowest BCUT2D eigenvalue weighted by Crippen LogP contribution is -2.30. The molecule has 8 nitrogen and oxygen atoms in total. The van der Waals surface area contributed by atoms with Crippen LogP contribution in [0.25, 0.3) is 10.2 Å². The number of rotatable bonds is 6. The molecule has 0 unspecified atom stereocenters. The van der Waals surface area contributed by atoms with Gasteiger partial charge in [0.2, 0.25) is 6.79 Å². The summed E-state index contributed by atoms with van der Waals surface area (Å²) in [5.41, 5.74) is 1.60. The van der Waals surface area contributed by atoms with Gasteiger partial charge in [-0.2, -0.15) is 0 Å². The number of sulfonamides is 1. The average Bonchev–Trinajstić information content (AvgIpc) is 3.43. The van der Waals surface area contributed by atoms with Gasteiger partial charge in [-0.05, 0) is 43.3 Å². The maximum Gasteiger partial charge on any atom is 0.264 e. The van der Waals surface area contributed by atoms with Crippen molar-refractivity contribution in [3.63, 3.8) is 0 Å². The van der Waals surface area contributed by atoms with E-state index in [1.54, 1.807) is 37.3 Å². The van der Waals surface area contributed by atoms with Crippen LogP contribution in [0, 0.1) is 0 Å². The zero-order valence-corrected chi connectivity index (χ0v) is 19.2. The van der Waals surface area contributed by atoms with Crippen molar-refractivity contribution in [2.45, 2.75) is 11.8 Å². The lowest BCUT2D eigenvalue weighted by Gasteiger charge is -2.22. The van der Waals surface area contributed by atoms with Gasteiger partial charge in [-0.3, -0.25) is 14.4 Å². The summed E-state index contributed by atoms with van der Waals surface area (Å²) in [6.45, 7) is 2.24. The SMILES string of the molecule is CCN(c1ccccc1)S(=O)(=O)c1ccc(C(=O)Nc2nc3cc4c(cc3s2)OCO4)cc1. The van der Waals surface area contributed by atoms with Crippen LogP contribution in [0.15, 0.2) is 71.6 Å². The van der Waals surface area contributed by atoms with E-state index in [1.807, 2.05) is 12.1 Å². The fraction of sp³-hybridized carbons (Fsp3) is 0.130. The first-order valence-corrected chi connectivity index (χ1v) is 12.4. The van der Waals surface area contributed by atoms with Gasteiger partial charge >= 0.3 is 0 Å². The number of carbonyl (C=O) groups is 1. The predicted octanol–water partition coefficient (Wildman–Crippen LogP) is 4.49. The van der Waals surface area contributed by atoms with Crippen molar-refractivity contribution in [2.24, 2.45) is 0 Å². The number of anilines is 2. The molecule has 0 spiro atoms. The van der Waals surface area contributed by atoms with Gasteiger partial charge in [-0.1, -0.05) is 29.5 Å². The zero-order valence-electron chi connectivity index (χ0n) is 17.5. The number of carbonyl (C=O) groups excluding carboxylic acids is 1. The molecule has 0 fully saturated rings. The smallest absolute Gasteiger partial charge is 0.264 e. The summed E-state index contributed by atoms with van der Waals surface area (Å²) >= 11 is 1.32. The monoisotopic (exact) mass is 481 g/mol. The number of nitrogens with zero attached hydrogens (tertiary/aromatic N) is 2. The molecule has 1 aromatic heterocycles. The Hall–Kier alpha value is -3.63. The Morgan fingerprint density at radius 2 is 1.76 bits per heavy atom. The van der Waals surface area contributed by atoms with Crippen molar-refractivity contribution in [1.29, 1.82) is 0 Å². The van der Waals surface area contributed by atoms with Crippen LogP contribution in [0.4, 0.5) is 10.8 Å². The molecule has 5 rings (SSSR count). The number of aromatic nitrogens is 1. The van der Waals surface area contributed by atoms with E-state index in [0.29, 0.717) is 33.4 Å². The van der Waals surface area contributed by atoms with E-state index in [1.165, 1.54) is 39.9 Å². The molecule has 0 aliphatic carbocycles. The normalized spacial score (nSPS) is 12.6. The van der Waals surface area contributed by atoms with E-state index in [2.05, 4.69) is 10.3 Å². The number of hydrogen-bond donors (Lipinski definition) is 1. The van der Waals surface area contributed by atoms with Gasteiger partial charge < -0.3 is 9.47 Å². The van der Waals surface area contributed by atoms with Crippen LogP contribution in [-0.2, 0) is 10.0 Å². The first kappa shape index (κ1) is 21.2. The molecular weight excluding hydrogens is 462 g/mol. The molecule has 3 aromatic carbocycles. The van der Waals surface area contributed by atoms with E-state index in [-0.39, 0.29) is 24.1 Å². The quantitative estimate of drug-likeness (QED) is 0.436. The molecule has 33 heavy (non-hydrogen) atoms. The maximum absolute atomic E-state index is 13.1. The van der Waals surface area contributed by atoms with E-state index in [4.69, 9.17) is 9.47 Å². The molecule has 0 saturated heterocycles. The third-order valence-electron chi connectivity index (χ3n) is 5.14. The molecule has 0 radical (unpaired) electrons. The summed E-state index contributed by atoms with van der Waals surface area (Å²) in [4.78, 5) is 17.3. The largest absolute Gasteiger partial charge is 0.454 e. The second-order valence-electron chi connectivity index (χ2n) is 7.18. The molecule has 1 N–H and O–H groups in total. The van der Waals surface area contributed by atoms with Gasteiger partial charge in [0.1, 0.15) is 0 Å². The van der Waals surface area contributed by atoms with Crippen molar-refractivity contribution in [3.8, 4) is 11.5 Å². The van der Waals surface area contributed by atoms with Crippen LogP contribution in [0.2, 0.25) is 0 Å². The highest BCUT2D eigenvalue weighted by atomic mass is 32.2. The molecule has 1 aliphatic rings. The van der Waals surface area contributed by atoms with E-state index < -0.39 is 10.0 Å². The van der Waals surface area contributed by atoms with Crippen molar-refractivity contribution >= 4 is 48.3 Å². The summed E-state index contributed by atoms with van der Waals surface area (Å²) < 4.78 is 39.2. The third-order valence-corrected chi connectivity index (χ3v) is 7.99. The molecule has 0 atom stereocenters. The molecule has 1 aliphatic heterocycles. The highest BCUT2D eigenvalue weighted by Crippen LogP contribution is 2.39. The fourth-order valence-electron chi connectivity index (χ4n) is 3.53. The molecule has 0 bridgehead atoms. The number of nitrogens with one attached hydrogen (secondary N) is 1. The van der Waals surface area contributed by atoms with Crippen molar-refractivity contribution < 1.29 is 22.7 Å². The predicted molar refractivity (Wildman–Crippen MR) is 127 cm³/mol. The summed E-state index contributed by atoms with van der Waals surface area (Å²) in [5, 5.41) is 3.19. The molecule has 4 aromatic rings. The standard InChI is InChI=1S/C23H19N3O5S2/c1-2-26(16-6-4-3-5-7-16)33(28,29)17-10-8-15(9-11-17)22(27)25-23-24-18-12-19-20(31-14-30-19)13-21(18)32-23/h3-13H,2,14H2,1H3,(H,24,25,27). The van der Waals surface area contributed by atoms with Gasteiger partial charge in [0.25, 0.3) is 15.9 Å². The number of hydrogen-bond acceptors (Lipinski definition) is 7. The summed E-state index contributed by atoms with van der Waals surface area (Å²) in [6, 6.07) is 18.4. The molecule has 10 heteroatoms. The Labute approximate surface area is 194 Å². The van der Waals surface area contributed by atoms with Crippen LogP contribution in [0.3, 0.4) is 0 Å². The van der Waals surface area contributed by atoms with Crippen LogP contribution in [-0.4, -0.2) is 32.6 Å². The van der Waals surface area contributed by atoms with Crippen LogP contribution < -0.4 is 19.1 Å². The third kappa shape index (κ3) is 3.98. The topological polar surface area (TPSA) is 97.8 Å². The second-order valence-corrected chi connectivity index (χ2v) is 10.1. The second kappa shape index (κ2) is 8.38. The highest BCUT2D eigenvalue weighted by Gasteiger charge is 2.24. The number of fused-ring (bicyclic) bond motifs is 2. The summed E-state index contributed by atoms with van der Waals surface area (Å²) in [7, 11) is -3.76. The Bertz CT molecular complexity index is 1390. The first-order valence-electron chi connectivity index (χ1n) is 10.1. The zero-order chi connectivity index (χ0) is 23.0. The minimum atomic E-state index is -3.76. The molecular formula is C23H19N3O5S2. The lowest BCUT2D eigenvalue weighted by atomic mass is 10.2. The molecule has 168 valence electrons. The maximum atomic E-state index is 13.1. The number of amides is 1. The van der Waals surface area contributed by atoms with Gasteiger partial charge in [0.15, 0.2) is 16.6 Å². The molecule has 0 saturated carbocycles. The Morgan fingerprint density at radius 1 is 1.06 bits per heavy atom. The summed E-state index contributed by atoms with van der Waals surface area (Å²) in [6.07, 6.45) is 0. The van der Waals surface area contributed by atoms with E-state index in [9.17, 15) is 13.2 Å². The van der Waals surface area contributed by atoms with Crippen molar-refractivity contribution in [1.82, 2.24) is 4.98 Å². The average molecular weight is 482 g/mol. The van der Waals surface area contributed by atoms with E-state index >= 15 is 0 Å². The van der Waals surface area contributed by atoms with Crippen molar-refractivity contribution in [2.75, 3.05) is 23.0 Å². The van der Waals surface area contributed by atoms with Crippen LogP contribution in [0.1, 0.15) is 17.3 Å². The number of benzene rings is 3. The van der Waals surface area contributed by atoms with Gasteiger partial charge in [-0.15, -0.1) is 0 Å². The van der Waals surface area contributed by atoms with Crippen molar-refractivity contribution in [3.05, 3.63) is 72.3 Å². The lowest BCUT2D eigenvalue weighted by molar-refractivity contribution is 0.102. The van der Waals surface area contributed by atoms with Crippen LogP contribution >= 0.6 is 11.3 Å². The Morgan fingerprint density at radius 3 is 2.45 bits per heavy atom.